The Balaban J connectivity index is 2.92. The van der Waals surface area contributed by atoms with Gasteiger partial charge in [-0.2, -0.15) is 0 Å². The highest BCUT2D eigenvalue weighted by Crippen LogP contribution is 2.38. The zero-order chi connectivity index (χ0) is 10.3. The van der Waals surface area contributed by atoms with E-state index in [2.05, 4.69) is 0 Å². The first-order valence-corrected chi connectivity index (χ1v) is 6.31. The molecule has 76 valence electrons. The Morgan fingerprint density at radius 3 is 2.31 bits per heavy atom. The van der Waals surface area contributed by atoms with Crippen molar-refractivity contribution in [3.05, 3.63) is 0 Å². The lowest BCUT2D eigenvalue weighted by molar-refractivity contribution is -0.120. The number of halogens is 1. The molecule has 1 fully saturated rings. The van der Waals surface area contributed by atoms with Crippen LogP contribution >= 0.6 is 11.6 Å². The molecule has 0 bridgehead atoms. The van der Waals surface area contributed by atoms with E-state index in [0.29, 0.717) is 0 Å². The van der Waals surface area contributed by atoms with Crippen molar-refractivity contribution < 1.29 is 13.2 Å². The summed E-state index contributed by atoms with van der Waals surface area (Å²) in [6, 6.07) is 0. The predicted octanol–water partition coefficient (Wildman–Crippen LogP) is 1.36. The summed E-state index contributed by atoms with van der Waals surface area (Å²) >= 11 is 5.78. The second kappa shape index (κ2) is 3.24. The van der Waals surface area contributed by atoms with Gasteiger partial charge in [0.05, 0.1) is 0 Å². The van der Waals surface area contributed by atoms with Crippen LogP contribution in [0.3, 0.4) is 0 Å². The zero-order valence-electron chi connectivity index (χ0n) is 7.71. The number of rotatable bonds is 4. The first kappa shape index (κ1) is 11.0. The third-order valence-electron chi connectivity index (χ3n) is 2.35. The molecule has 1 saturated carbocycles. The molecule has 0 amide bonds. The number of Topliss-reactive ketones (excluding diaryl/α,β-unsaturated/α-hetero) is 1. The van der Waals surface area contributed by atoms with E-state index in [4.69, 9.17) is 11.6 Å². The zero-order valence-corrected chi connectivity index (χ0v) is 9.28. The van der Waals surface area contributed by atoms with Crippen LogP contribution in [0.4, 0.5) is 0 Å². The third kappa shape index (κ3) is 1.89. The van der Waals surface area contributed by atoms with E-state index in [9.17, 15) is 13.2 Å². The number of carbonyl (C=O) groups excluding carboxylic acids is 1. The van der Waals surface area contributed by atoms with Gasteiger partial charge in [0, 0.05) is 11.7 Å². The summed E-state index contributed by atoms with van der Waals surface area (Å²) in [6.45, 7) is 2.78. The fourth-order valence-electron chi connectivity index (χ4n) is 1.13. The molecular weight excluding hydrogens is 212 g/mol. The van der Waals surface area contributed by atoms with Crippen molar-refractivity contribution in [3.63, 3.8) is 0 Å². The first-order chi connectivity index (χ1) is 5.83. The van der Waals surface area contributed by atoms with Crippen LogP contribution in [-0.4, -0.2) is 24.2 Å². The number of carbonyl (C=O) groups is 1. The van der Waals surface area contributed by atoms with Crippen molar-refractivity contribution in [3.8, 4) is 0 Å². The highest BCUT2D eigenvalue weighted by molar-refractivity contribution is 7.94. The lowest BCUT2D eigenvalue weighted by atomic mass is 10.2. The minimum Gasteiger partial charge on any atom is -0.296 e. The molecule has 13 heavy (non-hydrogen) atoms. The lowest BCUT2D eigenvalue weighted by Gasteiger charge is -2.19. The number of ketones is 1. The Morgan fingerprint density at radius 1 is 1.54 bits per heavy atom. The highest BCUT2D eigenvalue weighted by Gasteiger charge is 2.49. The average molecular weight is 225 g/mol. The maximum Gasteiger partial charge on any atom is 0.200 e. The standard InChI is InChI=1S/C8H13ClO3S/c1-3-13(11,12)8(2,9)7(10)6-4-5-6/h6H,3-5H2,1-2H3/t8-/m0/s1. The fraction of sp³-hybridized carbons (Fsp3) is 0.875. The number of sulfone groups is 1. The van der Waals surface area contributed by atoms with Gasteiger partial charge in [-0.1, -0.05) is 18.5 Å². The molecule has 0 aromatic heterocycles. The molecule has 1 atom stereocenters. The number of hydrogen-bond acceptors (Lipinski definition) is 3. The van der Waals surface area contributed by atoms with Crippen molar-refractivity contribution in [2.75, 3.05) is 5.75 Å². The molecule has 0 heterocycles. The van der Waals surface area contributed by atoms with Gasteiger partial charge in [0.15, 0.2) is 15.6 Å². The SMILES string of the molecule is CCS(=O)(=O)[C@](C)(Cl)C(=O)C1CC1. The number of hydrogen-bond donors (Lipinski definition) is 0. The Bertz CT molecular complexity index is 314. The molecule has 3 nitrogen and oxygen atoms in total. The van der Waals surface area contributed by atoms with Gasteiger partial charge in [-0.15, -0.1) is 0 Å². The minimum absolute atomic E-state index is 0.0918. The Kier molecular flexibility index (Phi) is 2.74. The quantitative estimate of drug-likeness (QED) is 0.678. The smallest absolute Gasteiger partial charge is 0.200 e. The molecule has 0 aliphatic heterocycles. The van der Waals surface area contributed by atoms with Gasteiger partial charge in [-0.25, -0.2) is 8.42 Å². The first-order valence-electron chi connectivity index (χ1n) is 4.28. The molecule has 0 spiro atoms. The summed E-state index contributed by atoms with van der Waals surface area (Å²) in [6.07, 6.45) is 1.56. The summed E-state index contributed by atoms with van der Waals surface area (Å²) in [5.41, 5.74) is 0. The van der Waals surface area contributed by atoms with Crippen LogP contribution in [0.2, 0.25) is 0 Å². The van der Waals surface area contributed by atoms with Crippen molar-refractivity contribution in [2.24, 2.45) is 5.92 Å². The molecule has 5 heteroatoms. The van der Waals surface area contributed by atoms with E-state index >= 15 is 0 Å². The van der Waals surface area contributed by atoms with E-state index in [0.717, 1.165) is 12.8 Å². The van der Waals surface area contributed by atoms with Gasteiger partial charge in [-0.3, -0.25) is 4.79 Å². The summed E-state index contributed by atoms with van der Waals surface area (Å²) in [4.78, 5) is 11.5. The number of alkyl halides is 1. The van der Waals surface area contributed by atoms with Gasteiger partial charge in [0.2, 0.25) is 4.21 Å². The molecule has 0 N–H and O–H groups in total. The second-order valence-electron chi connectivity index (χ2n) is 3.46. The Morgan fingerprint density at radius 2 is 2.00 bits per heavy atom. The Labute approximate surface area is 83.4 Å². The largest absolute Gasteiger partial charge is 0.296 e. The van der Waals surface area contributed by atoms with E-state index in [1.54, 1.807) is 0 Å². The summed E-state index contributed by atoms with van der Waals surface area (Å²) < 4.78 is 21.2. The van der Waals surface area contributed by atoms with E-state index in [-0.39, 0.29) is 17.5 Å². The van der Waals surface area contributed by atoms with Gasteiger partial charge < -0.3 is 0 Å². The van der Waals surface area contributed by atoms with Crippen LogP contribution in [0, 0.1) is 5.92 Å². The summed E-state index contributed by atoms with van der Waals surface area (Å²) in [5.74, 6) is -0.550. The average Bonchev–Trinajstić information content (AvgIpc) is 2.85. The van der Waals surface area contributed by atoms with Crippen molar-refractivity contribution in [1.82, 2.24) is 0 Å². The van der Waals surface area contributed by atoms with Crippen LogP contribution in [0.25, 0.3) is 0 Å². The van der Waals surface area contributed by atoms with E-state index in [1.165, 1.54) is 13.8 Å². The van der Waals surface area contributed by atoms with Crippen LogP contribution < -0.4 is 0 Å². The molecule has 1 aliphatic rings. The van der Waals surface area contributed by atoms with Gasteiger partial charge in [0.1, 0.15) is 0 Å². The van der Waals surface area contributed by atoms with Crippen molar-refractivity contribution >= 4 is 27.2 Å². The molecule has 0 aromatic carbocycles. The molecule has 0 aromatic rings. The van der Waals surface area contributed by atoms with E-state index in [1.807, 2.05) is 0 Å². The topological polar surface area (TPSA) is 51.2 Å². The van der Waals surface area contributed by atoms with Gasteiger partial charge in [-0.05, 0) is 19.8 Å². The van der Waals surface area contributed by atoms with Crippen LogP contribution in [0.15, 0.2) is 0 Å². The Hall–Kier alpha value is -0.0900. The second-order valence-corrected chi connectivity index (χ2v) is 7.06. The maximum atomic E-state index is 11.5. The lowest BCUT2D eigenvalue weighted by Crippen LogP contribution is -2.40. The summed E-state index contributed by atoms with van der Waals surface area (Å²) in [5, 5.41) is 0. The molecule has 1 aliphatic carbocycles. The molecule has 1 rings (SSSR count). The van der Waals surface area contributed by atoms with Crippen LogP contribution in [0.1, 0.15) is 26.7 Å². The predicted molar refractivity (Wildman–Crippen MR) is 51.4 cm³/mol. The van der Waals surface area contributed by atoms with Crippen molar-refractivity contribution in [2.45, 2.75) is 30.9 Å². The molecule has 0 radical (unpaired) electrons. The van der Waals surface area contributed by atoms with Crippen LogP contribution in [0.5, 0.6) is 0 Å². The molecule has 0 saturated heterocycles. The van der Waals surface area contributed by atoms with Crippen LogP contribution in [-0.2, 0) is 14.6 Å². The molecule has 0 unspecified atom stereocenters. The van der Waals surface area contributed by atoms with Gasteiger partial charge >= 0.3 is 0 Å². The van der Waals surface area contributed by atoms with Gasteiger partial charge in [0.25, 0.3) is 0 Å². The summed E-state index contributed by atoms with van der Waals surface area (Å²) in [7, 11) is -3.49. The monoisotopic (exact) mass is 224 g/mol. The normalized spacial score (nSPS) is 22.4. The maximum absolute atomic E-state index is 11.5. The molecular formula is C8H13ClO3S. The fourth-order valence-corrected chi connectivity index (χ4v) is 2.63. The highest BCUT2D eigenvalue weighted by atomic mass is 35.5. The van der Waals surface area contributed by atoms with E-state index < -0.39 is 14.0 Å². The minimum atomic E-state index is -3.49. The van der Waals surface area contributed by atoms with Crippen molar-refractivity contribution in [1.29, 1.82) is 0 Å². The third-order valence-corrected chi connectivity index (χ3v) is 5.37.